The van der Waals surface area contributed by atoms with Crippen LogP contribution in [0.1, 0.15) is 6.92 Å². The standard InChI is InChI=1S/C2H6O2S.C2H4O/c1-5(2,3)4;1-2-3/h1-2H3;2H,1H3. The van der Waals surface area contributed by atoms with Crippen molar-refractivity contribution >= 4 is 16.1 Å². The average Bonchev–Trinajstić information content (AvgIpc) is 1.27. The number of hydrogen-bond acceptors (Lipinski definition) is 3. The smallest absolute Gasteiger partial charge is 0.144 e. The molecule has 0 heterocycles. The van der Waals surface area contributed by atoms with Crippen LogP contribution in [0.4, 0.5) is 0 Å². The van der Waals surface area contributed by atoms with Crippen molar-refractivity contribution in [3.8, 4) is 0 Å². The normalized spacial score (nSPS) is 8.88. The maximum Gasteiger partial charge on any atom is 0.144 e. The topological polar surface area (TPSA) is 51.2 Å². The third-order valence-corrected chi connectivity index (χ3v) is 0. The highest BCUT2D eigenvalue weighted by Gasteiger charge is 1.79. The molecule has 0 aromatic heterocycles. The summed E-state index contributed by atoms with van der Waals surface area (Å²) in [7, 11) is -2.67. The molecular formula is C4H10O3S. The van der Waals surface area contributed by atoms with Gasteiger partial charge in [0.2, 0.25) is 0 Å². The van der Waals surface area contributed by atoms with E-state index in [-0.39, 0.29) is 0 Å². The van der Waals surface area contributed by atoms with Crippen LogP contribution in [-0.2, 0) is 14.6 Å². The maximum atomic E-state index is 9.63. The predicted octanol–water partition coefficient (Wildman–Crippen LogP) is -0.134. The fraction of sp³-hybridized carbons (Fsp3) is 0.750. The van der Waals surface area contributed by atoms with Gasteiger partial charge in [-0.25, -0.2) is 8.42 Å². The Kier molecular flexibility index (Phi) is 6.31. The Morgan fingerprint density at radius 2 is 1.25 bits per heavy atom. The van der Waals surface area contributed by atoms with E-state index in [2.05, 4.69) is 0 Å². The van der Waals surface area contributed by atoms with E-state index in [0.29, 0.717) is 0 Å². The van der Waals surface area contributed by atoms with Gasteiger partial charge in [-0.05, 0) is 6.92 Å². The Morgan fingerprint density at radius 3 is 1.25 bits per heavy atom. The van der Waals surface area contributed by atoms with E-state index in [4.69, 9.17) is 4.79 Å². The first-order valence-corrected chi connectivity index (χ1v) is 4.26. The quantitative estimate of drug-likeness (QED) is 0.438. The van der Waals surface area contributed by atoms with E-state index in [9.17, 15) is 8.42 Å². The molecule has 0 amide bonds. The van der Waals surface area contributed by atoms with Crippen LogP contribution in [0.25, 0.3) is 0 Å². The van der Waals surface area contributed by atoms with Crippen molar-refractivity contribution in [2.75, 3.05) is 12.5 Å². The van der Waals surface area contributed by atoms with Crippen LogP contribution in [0.15, 0.2) is 0 Å². The Labute approximate surface area is 49.6 Å². The molecule has 4 heteroatoms. The van der Waals surface area contributed by atoms with Crippen LogP contribution in [0.5, 0.6) is 0 Å². The fourth-order valence-corrected chi connectivity index (χ4v) is 0. The van der Waals surface area contributed by atoms with E-state index < -0.39 is 9.84 Å². The lowest BCUT2D eigenvalue weighted by molar-refractivity contribution is -0.106. The summed E-state index contributed by atoms with van der Waals surface area (Å²) in [6.07, 6.45) is 3.07. The van der Waals surface area contributed by atoms with E-state index in [1.54, 1.807) is 0 Å². The minimum Gasteiger partial charge on any atom is -0.304 e. The average molecular weight is 138 g/mol. The summed E-state index contributed by atoms with van der Waals surface area (Å²) < 4.78 is 19.3. The van der Waals surface area contributed by atoms with Gasteiger partial charge in [-0.1, -0.05) is 0 Å². The molecule has 0 radical (unpaired) electrons. The van der Waals surface area contributed by atoms with E-state index >= 15 is 0 Å². The maximum absolute atomic E-state index is 9.63. The minimum absolute atomic E-state index is 0.750. The van der Waals surface area contributed by atoms with Crippen LogP contribution < -0.4 is 0 Å². The molecule has 0 bridgehead atoms. The molecule has 0 fully saturated rings. The summed E-state index contributed by atoms with van der Waals surface area (Å²) in [5.41, 5.74) is 0. The lowest BCUT2D eigenvalue weighted by Crippen LogP contribution is -1.86. The van der Waals surface area contributed by atoms with E-state index in [1.165, 1.54) is 6.92 Å². The van der Waals surface area contributed by atoms with Crippen molar-refractivity contribution in [3.63, 3.8) is 0 Å². The Morgan fingerprint density at radius 1 is 1.25 bits per heavy atom. The molecule has 50 valence electrons. The largest absolute Gasteiger partial charge is 0.304 e. The second-order valence-electron chi connectivity index (χ2n) is 1.38. The third-order valence-electron chi connectivity index (χ3n) is 0. The van der Waals surface area contributed by atoms with Gasteiger partial charge in [0.1, 0.15) is 16.1 Å². The molecule has 3 nitrogen and oxygen atoms in total. The minimum atomic E-state index is -2.67. The molecule has 0 rings (SSSR count). The molecule has 0 spiro atoms. The zero-order valence-electron chi connectivity index (χ0n) is 5.21. The van der Waals surface area contributed by atoms with Gasteiger partial charge in [-0.15, -0.1) is 0 Å². The van der Waals surface area contributed by atoms with Gasteiger partial charge >= 0.3 is 0 Å². The Hall–Kier alpha value is -0.380. The number of hydrogen-bond donors (Lipinski definition) is 0. The van der Waals surface area contributed by atoms with E-state index in [0.717, 1.165) is 18.8 Å². The highest BCUT2D eigenvalue weighted by Crippen LogP contribution is 1.61. The highest BCUT2D eigenvalue weighted by atomic mass is 32.2. The summed E-state index contributed by atoms with van der Waals surface area (Å²) in [5, 5.41) is 0. The molecule has 0 unspecified atom stereocenters. The van der Waals surface area contributed by atoms with Gasteiger partial charge in [0.05, 0.1) is 0 Å². The SMILES string of the molecule is CC=O.CS(C)(=O)=O. The zero-order chi connectivity index (χ0) is 7.21. The van der Waals surface area contributed by atoms with Crippen LogP contribution in [0, 0.1) is 0 Å². The first-order valence-electron chi connectivity index (χ1n) is 1.96. The number of sulfone groups is 1. The monoisotopic (exact) mass is 138 g/mol. The summed E-state index contributed by atoms with van der Waals surface area (Å²) in [5.74, 6) is 0. The molecule has 0 aliphatic heterocycles. The first kappa shape index (κ1) is 10.6. The van der Waals surface area contributed by atoms with Crippen molar-refractivity contribution in [3.05, 3.63) is 0 Å². The van der Waals surface area contributed by atoms with Gasteiger partial charge in [0.25, 0.3) is 0 Å². The van der Waals surface area contributed by atoms with Gasteiger partial charge < -0.3 is 4.79 Å². The molecular weight excluding hydrogens is 128 g/mol. The molecule has 0 saturated carbocycles. The van der Waals surface area contributed by atoms with E-state index in [1.807, 2.05) is 0 Å². The predicted molar refractivity (Wildman–Crippen MR) is 32.5 cm³/mol. The molecule has 0 aliphatic rings. The number of carbonyl (C=O) groups is 1. The first-order chi connectivity index (χ1) is 3.41. The Balaban J connectivity index is 0. The summed E-state index contributed by atoms with van der Waals surface area (Å²) >= 11 is 0. The molecule has 0 atom stereocenters. The summed E-state index contributed by atoms with van der Waals surface area (Å²) in [4.78, 5) is 8.81. The number of rotatable bonds is 0. The molecule has 0 saturated heterocycles. The van der Waals surface area contributed by atoms with Crippen LogP contribution in [0.3, 0.4) is 0 Å². The second kappa shape index (κ2) is 4.77. The van der Waals surface area contributed by atoms with Crippen LogP contribution in [-0.4, -0.2) is 27.2 Å². The molecule has 0 aliphatic carbocycles. The highest BCUT2D eigenvalue weighted by molar-refractivity contribution is 7.89. The van der Waals surface area contributed by atoms with Crippen molar-refractivity contribution in [1.82, 2.24) is 0 Å². The number of aldehydes is 1. The van der Waals surface area contributed by atoms with Gasteiger partial charge in [0, 0.05) is 12.5 Å². The molecule has 8 heavy (non-hydrogen) atoms. The fourth-order valence-electron chi connectivity index (χ4n) is 0. The zero-order valence-corrected chi connectivity index (χ0v) is 6.03. The second-order valence-corrected chi connectivity index (χ2v) is 3.66. The Bertz CT molecular complexity index is 125. The van der Waals surface area contributed by atoms with Gasteiger partial charge in [-0.3, -0.25) is 0 Å². The summed E-state index contributed by atoms with van der Waals surface area (Å²) in [6.45, 7) is 1.44. The van der Waals surface area contributed by atoms with Gasteiger partial charge in [-0.2, -0.15) is 0 Å². The van der Waals surface area contributed by atoms with Crippen molar-refractivity contribution in [1.29, 1.82) is 0 Å². The van der Waals surface area contributed by atoms with Crippen molar-refractivity contribution in [2.45, 2.75) is 6.92 Å². The lowest BCUT2D eigenvalue weighted by Gasteiger charge is -1.69. The molecule has 0 aromatic rings. The molecule has 0 N–H and O–H groups in total. The van der Waals surface area contributed by atoms with Crippen molar-refractivity contribution in [2.24, 2.45) is 0 Å². The van der Waals surface area contributed by atoms with Crippen LogP contribution >= 0.6 is 0 Å². The summed E-state index contributed by atoms with van der Waals surface area (Å²) in [6, 6.07) is 0. The molecule has 0 aromatic carbocycles. The van der Waals surface area contributed by atoms with Crippen LogP contribution in [0.2, 0.25) is 0 Å². The lowest BCUT2D eigenvalue weighted by atomic mass is 11.0. The number of carbonyl (C=O) groups excluding carboxylic acids is 1. The third kappa shape index (κ3) is 831. The van der Waals surface area contributed by atoms with Crippen molar-refractivity contribution < 1.29 is 13.2 Å². The van der Waals surface area contributed by atoms with Gasteiger partial charge in [0.15, 0.2) is 0 Å².